The predicted octanol–water partition coefficient (Wildman–Crippen LogP) is -0.0284. The summed E-state index contributed by atoms with van der Waals surface area (Å²) >= 11 is 0. The zero-order valence-corrected chi connectivity index (χ0v) is 7.03. The van der Waals surface area contributed by atoms with Crippen molar-refractivity contribution in [3.8, 4) is 0 Å². The van der Waals surface area contributed by atoms with Gasteiger partial charge >= 0.3 is 0 Å². The second-order valence-corrected chi connectivity index (χ2v) is 2.47. The van der Waals surface area contributed by atoms with Crippen LogP contribution in [-0.2, 0) is 4.79 Å². The Morgan fingerprint density at radius 2 is 2.00 bits per heavy atom. The Morgan fingerprint density at radius 3 is 2.54 bits per heavy atom. The second-order valence-electron chi connectivity index (χ2n) is 2.47. The van der Waals surface area contributed by atoms with Crippen molar-refractivity contribution in [1.82, 2.24) is 5.32 Å². The molecule has 1 radical (unpaired) electrons. The van der Waals surface area contributed by atoms with Crippen LogP contribution in [0.25, 0.3) is 0 Å². The fourth-order valence-electron chi connectivity index (χ4n) is 0.851. The predicted molar refractivity (Wildman–Crippen MR) is 47.9 cm³/mol. The lowest BCUT2D eigenvalue weighted by atomic mass is 10.2. The highest BCUT2D eigenvalue weighted by molar-refractivity contribution is 5.79. The highest BCUT2D eigenvalue weighted by Gasteiger charge is 2.10. The molecule has 0 unspecified atom stereocenters. The van der Waals surface area contributed by atoms with Crippen LogP contribution in [0.5, 0.6) is 0 Å². The molecule has 1 aromatic rings. The quantitative estimate of drug-likeness (QED) is 0.610. The summed E-state index contributed by atoms with van der Waals surface area (Å²) in [5, 5.41) is 11.6. The number of carbonyl (C=O) groups is 1. The van der Waals surface area contributed by atoms with E-state index in [0.717, 1.165) is 0 Å². The van der Waals surface area contributed by atoms with E-state index in [2.05, 4.69) is 5.32 Å². The molecule has 4 N–H and O–H groups in total. The summed E-state index contributed by atoms with van der Waals surface area (Å²) in [6.45, 7) is -0.142. The molecule has 0 aromatic heterocycles. The lowest BCUT2D eigenvalue weighted by molar-refractivity contribution is -0.120. The number of carbonyl (C=O) groups excluding carboxylic acids is 1. The van der Waals surface area contributed by atoms with Crippen LogP contribution in [0.2, 0.25) is 0 Å². The van der Waals surface area contributed by atoms with Gasteiger partial charge in [-0.1, -0.05) is 30.3 Å². The Morgan fingerprint density at radius 1 is 1.38 bits per heavy atom. The molecule has 13 heavy (non-hydrogen) atoms. The molecular weight excluding hydrogens is 168 g/mol. The third-order valence-electron chi connectivity index (χ3n) is 1.49. The number of aliphatic hydroxyl groups is 1. The minimum atomic E-state index is -0.415. The van der Waals surface area contributed by atoms with E-state index < -0.39 is 5.91 Å². The van der Waals surface area contributed by atoms with E-state index in [0.29, 0.717) is 5.56 Å². The minimum Gasteiger partial charge on any atom is -0.363 e. The zero-order chi connectivity index (χ0) is 9.68. The van der Waals surface area contributed by atoms with Crippen molar-refractivity contribution in [2.45, 2.75) is 0 Å². The molecule has 0 atom stereocenters. The van der Waals surface area contributed by atoms with Crippen LogP contribution in [0.4, 0.5) is 0 Å². The Bertz CT molecular complexity index is 274. The summed E-state index contributed by atoms with van der Waals surface area (Å²) in [5.41, 5.74) is 5.62. The monoisotopic (exact) mass is 179 g/mol. The van der Waals surface area contributed by atoms with E-state index in [-0.39, 0.29) is 12.8 Å². The highest BCUT2D eigenvalue weighted by atomic mass is 16.3. The van der Waals surface area contributed by atoms with Gasteiger partial charge in [-0.25, -0.2) is 0 Å². The van der Waals surface area contributed by atoms with Crippen LogP contribution in [0.15, 0.2) is 30.3 Å². The van der Waals surface area contributed by atoms with Crippen LogP contribution in [0.1, 0.15) is 5.56 Å². The van der Waals surface area contributed by atoms with Gasteiger partial charge in [0.1, 0.15) is 0 Å². The van der Waals surface area contributed by atoms with E-state index in [1.807, 2.05) is 6.07 Å². The van der Waals surface area contributed by atoms with Crippen molar-refractivity contribution < 1.29 is 9.90 Å². The summed E-state index contributed by atoms with van der Waals surface area (Å²) in [5.74, 6) is -0.415. The molecule has 69 valence electrons. The zero-order valence-electron chi connectivity index (χ0n) is 7.03. The van der Waals surface area contributed by atoms with E-state index >= 15 is 0 Å². The summed E-state index contributed by atoms with van der Waals surface area (Å²) in [6.07, 6.45) is -0.170. The Balaban J connectivity index is 2.59. The number of hydrogen-bond donors (Lipinski definition) is 3. The number of nitrogens with two attached hydrogens (primary N) is 1. The third kappa shape index (κ3) is 2.85. The van der Waals surface area contributed by atoms with E-state index in [4.69, 9.17) is 5.73 Å². The summed E-state index contributed by atoms with van der Waals surface area (Å²) in [4.78, 5) is 10.8. The Kier molecular flexibility index (Phi) is 3.42. The average Bonchev–Trinajstić information content (AvgIpc) is 2.19. The fourth-order valence-corrected chi connectivity index (χ4v) is 0.851. The molecule has 1 rings (SSSR count). The van der Waals surface area contributed by atoms with Gasteiger partial charge in [0.15, 0.2) is 0 Å². The van der Waals surface area contributed by atoms with Crippen LogP contribution in [0, 0.1) is 6.23 Å². The van der Waals surface area contributed by atoms with E-state index in [9.17, 15) is 9.90 Å². The van der Waals surface area contributed by atoms with Crippen molar-refractivity contribution in [2.24, 2.45) is 5.73 Å². The van der Waals surface area contributed by atoms with Gasteiger partial charge < -0.3 is 16.2 Å². The van der Waals surface area contributed by atoms with Crippen molar-refractivity contribution in [3.05, 3.63) is 42.1 Å². The van der Waals surface area contributed by atoms with Gasteiger partial charge in [0.25, 0.3) is 0 Å². The van der Waals surface area contributed by atoms with Crippen molar-refractivity contribution in [1.29, 1.82) is 0 Å². The second kappa shape index (κ2) is 4.59. The maximum atomic E-state index is 10.8. The largest absolute Gasteiger partial charge is 0.363 e. The van der Waals surface area contributed by atoms with Crippen LogP contribution >= 0.6 is 0 Å². The van der Waals surface area contributed by atoms with Gasteiger partial charge in [-0.15, -0.1) is 0 Å². The first-order valence-electron chi connectivity index (χ1n) is 3.85. The number of benzene rings is 1. The van der Waals surface area contributed by atoms with Crippen LogP contribution in [-0.4, -0.2) is 17.6 Å². The molecule has 4 heteroatoms. The molecule has 0 aliphatic carbocycles. The average molecular weight is 179 g/mol. The lowest BCUT2D eigenvalue weighted by Crippen LogP contribution is -2.34. The van der Waals surface area contributed by atoms with Crippen LogP contribution < -0.4 is 11.1 Å². The minimum absolute atomic E-state index is 0.142. The fraction of sp³-hybridized carbons (Fsp3) is 0.111. The SMILES string of the molecule is NCC(=O)N[C](O)c1ccccc1. The molecule has 0 fully saturated rings. The van der Waals surface area contributed by atoms with Gasteiger partial charge in [-0.3, -0.25) is 4.79 Å². The van der Waals surface area contributed by atoms with Gasteiger partial charge in [0.05, 0.1) is 6.54 Å². The molecule has 0 heterocycles. The number of hydrogen-bond acceptors (Lipinski definition) is 3. The van der Waals surface area contributed by atoms with Gasteiger partial charge in [0, 0.05) is 5.56 Å². The van der Waals surface area contributed by atoms with Crippen LogP contribution in [0.3, 0.4) is 0 Å². The Hall–Kier alpha value is -1.39. The van der Waals surface area contributed by atoms with E-state index in [1.54, 1.807) is 24.3 Å². The summed E-state index contributed by atoms with van der Waals surface area (Å²) in [7, 11) is 0. The maximum absolute atomic E-state index is 10.8. The number of aliphatic hydroxyl groups excluding tert-OH is 1. The number of amides is 1. The first-order valence-corrected chi connectivity index (χ1v) is 3.85. The van der Waals surface area contributed by atoms with Crippen molar-refractivity contribution in [2.75, 3.05) is 6.54 Å². The standard InChI is InChI=1S/C9H11N2O2/c10-6-8(12)11-9(13)7-4-2-1-3-5-7/h1-5,13H,6,10H2,(H,11,12). The van der Waals surface area contributed by atoms with Crippen molar-refractivity contribution >= 4 is 5.91 Å². The van der Waals surface area contributed by atoms with Gasteiger partial charge in [-0.2, -0.15) is 0 Å². The smallest absolute Gasteiger partial charge is 0.236 e. The molecule has 0 spiro atoms. The molecule has 1 amide bonds. The number of rotatable bonds is 3. The van der Waals surface area contributed by atoms with E-state index in [1.165, 1.54) is 0 Å². The highest BCUT2D eigenvalue weighted by Crippen LogP contribution is 2.06. The first-order chi connectivity index (χ1) is 6.24. The first kappa shape index (κ1) is 9.70. The van der Waals surface area contributed by atoms with Gasteiger partial charge in [0.2, 0.25) is 12.1 Å². The molecule has 0 saturated carbocycles. The van der Waals surface area contributed by atoms with Crippen molar-refractivity contribution in [3.63, 3.8) is 0 Å². The third-order valence-corrected chi connectivity index (χ3v) is 1.49. The molecule has 4 nitrogen and oxygen atoms in total. The number of nitrogens with one attached hydrogen (secondary N) is 1. The molecule has 1 aromatic carbocycles. The lowest BCUT2D eigenvalue weighted by Gasteiger charge is -2.09. The summed E-state index contributed by atoms with van der Waals surface area (Å²) < 4.78 is 0. The molecule has 0 aliphatic rings. The Labute approximate surface area is 76.4 Å². The summed E-state index contributed by atoms with van der Waals surface area (Å²) in [6, 6.07) is 8.72. The van der Waals surface area contributed by atoms with Gasteiger partial charge in [-0.05, 0) is 0 Å². The molecular formula is C9H11N2O2. The topological polar surface area (TPSA) is 75.4 Å². The maximum Gasteiger partial charge on any atom is 0.236 e. The normalized spacial score (nSPS) is 10.1. The molecule has 0 bridgehead atoms. The molecule has 0 saturated heterocycles. The molecule has 0 aliphatic heterocycles.